The van der Waals surface area contributed by atoms with Crippen LogP contribution in [0.2, 0.25) is 0 Å². The van der Waals surface area contributed by atoms with Gasteiger partial charge in [0.1, 0.15) is 11.5 Å². The number of rotatable bonds is 3. The maximum Gasteiger partial charge on any atom is 0.123 e. The molecule has 2 unspecified atom stereocenters. The SMILES string of the molecule is COc1ccc(OC)c(C2CS(=O)CC(C)(C)N2)c1. The third-order valence-corrected chi connectivity index (χ3v) is 5.00. The molecule has 1 aliphatic heterocycles. The van der Waals surface area contributed by atoms with E-state index in [1.807, 2.05) is 18.2 Å². The molecule has 1 heterocycles. The van der Waals surface area contributed by atoms with Crippen molar-refractivity contribution in [2.75, 3.05) is 25.7 Å². The molecule has 0 bridgehead atoms. The van der Waals surface area contributed by atoms with E-state index in [1.165, 1.54) is 0 Å². The smallest absolute Gasteiger partial charge is 0.123 e. The monoisotopic (exact) mass is 283 g/mol. The summed E-state index contributed by atoms with van der Waals surface area (Å²) in [7, 11) is 2.47. The quantitative estimate of drug-likeness (QED) is 0.920. The van der Waals surface area contributed by atoms with Crippen LogP contribution in [-0.4, -0.2) is 35.5 Å². The highest BCUT2D eigenvalue weighted by Gasteiger charge is 2.33. The van der Waals surface area contributed by atoms with E-state index in [9.17, 15) is 4.21 Å². The average Bonchev–Trinajstić information content (AvgIpc) is 2.35. The molecule has 0 spiro atoms. The molecule has 1 N–H and O–H groups in total. The fourth-order valence-corrected chi connectivity index (χ4v) is 4.12. The second-order valence-corrected chi connectivity index (χ2v) is 6.94. The van der Waals surface area contributed by atoms with Crippen molar-refractivity contribution in [2.45, 2.75) is 25.4 Å². The summed E-state index contributed by atoms with van der Waals surface area (Å²) >= 11 is 0. The first-order valence-electron chi connectivity index (χ1n) is 6.30. The highest BCUT2D eigenvalue weighted by atomic mass is 32.2. The molecule has 4 nitrogen and oxygen atoms in total. The summed E-state index contributed by atoms with van der Waals surface area (Å²) in [5.74, 6) is 2.86. The highest BCUT2D eigenvalue weighted by Crippen LogP contribution is 2.33. The summed E-state index contributed by atoms with van der Waals surface area (Å²) < 4.78 is 22.7. The molecule has 5 heteroatoms. The molecular formula is C14H21NO3S. The first kappa shape index (κ1) is 14.3. The van der Waals surface area contributed by atoms with Crippen molar-refractivity contribution >= 4 is 10.8 Å². The molecule has 106 valence electrons. The summed E-state index contributed by atoms with van der Waals surface area (Å²) in [6.45, 7) is 4.15. The number of ether oxygens (including phenoxy) is 2. The van der Waals surface area contributed by atoms with Gasteiger partial charge in [0, 0.05) is 39.4 Å². The summed E-state index contributed by atoms with van der Waals surface area (Å²) in [5.41, 5.74) is 0.866. The van der Waals surface area contributed by atoms with Gasteiger partial charge in [0.05, 0.1) is 14.2 Å². The van der Waals surface area contributed by atoms with Gasteiger partial charge in [-0.05, 0) is 32.0 Å². The van der Waals surface area contributed by atoms with Crippen molar-refractivity contribution in [3.63, 3.8) is 0 Å². The van der Waals surface area contributed by atoms with E-state index in [2.05, 4.69) is 19.2 Å². The summed E-state index contributed by atoms with van der Waals surface area (Å²) in [6.07, 6.45) is 0. The summed E-state index contributed by atoms with van der Waals surface area (Å²) in [4.78, 5) is 0. The molecule has 1 aromatic rings. The zero-order valence-corrected chi connectivity index (χ0v) is 12.7. The predicted octanol–water partition coefficient (Wildman–Crippen LogP) is 1.88. The second-order valence-electron chi connectivity index (χ2n) is 5.44. The zero-order valence-electron chi connectivity index (χ0n) is 11.9. The van der Waals surface area contributed by atoms with E-state index in [-0.39, 0.29) is 11.6 Å². The maximum atomic E-state index is 12.0. The number of hydrogen-bond donors (Lipinski definition) is 1. The third kappa shape index (κ3) is 3.28. The minimum absolute atomic E-state index is 0.0228. The molecule has 1 aliphatic rings. The number of benzene rings is 1. The Bertz CT molecular complexity index is 488. The van der Waals surface area contributed by atoms with Crippen molar-refractivity contribution in [2.24, 2.45) is 0 Å². The normalized spacial score (nSPS) is 25.9. The Morgan fingerprint density at radius 1 is 1.32 bits per heavy atom. The van der Waals surface area contributed by atoms with Crippen LogP contribution in [0.3, 0.4) is 0 Å². The molecule has 1 fully saturated rings. The molecule has 19 heavy (non-hydrogen) atoms. The van der Waals surface area contributed by atoms with Crippen LogP contribution in [0.1, 0.15) is 25.5 Å². The molecule has 2 rings (SSSR count). The van der Waals surface area contributed by atoms with E-state index in [4.69, 9.17) is 9.47 Å². The Balaban J connectivity index is 2.36. The number of nitrogens with one attached hydrogen (secondary N) is 1. The van der Waals surface area contributed by atoms with Crippen LogP contribution in [0, 0.1) is 0 Å². The van der Waals surface area contributed by atoms with Gasteiger partial charge in [0.25, 0.3) is 0 Å². The van der Waals surface area contributed by atoms with E-state index >= 15 is 0 Å². The first-order chi connectivity index (χ1) is 8.95. The van der Waals surface area contributed by atoms with Gasteiger partial charge in [-0.3, -0.25) is 4.21 Å². The van der Waals surface area contributed by atoms with Crippen LogP contribution < -0.4 is 14.8 Å². The van der Waals surface area contributed by atoms with Crippen LogP contribution in [0.4, 0.5) is 0 Å². The van der Waals surface area contributed by atoms with Gasteiger partial charge in [-0.25, -0.2) is 0 Å². The van der Waals surface area contributed by atoms with Crippen LogP contribution >= 0.6 is 0 Å². The summed E-state index contributed by atoms with van der Waals surface area (Å²) in [5, 5.41) is 3.54. The minimum atomic E-state index is -0.818. The molecule has 0 aliphatic carbocycles. The Kier molecular flexibility index (Phi) is 4.16. The lowest BCUT2D eigenvalue weighted by Gasteiger charge is -2.37. The van der Waals surface area contributed by atoms with Crippen molar-refractivity contribution < 1.29 is 13.7 Å². The van der Waals surface area contributed by atoms with Gasteiger partial charge in [0.15, 0.2) is 0 Å². The number of hydrogen-bond acceptors (Lipinski definition) is 4. The largest absolute Gasteiger partial charge is 0.497 e. The molecule has 0 aromatic heterocycles. The van der Waals surface area contributed by atoms with Crippen LogP contribution in [0.15, 0.2) is 18.2 Å². The van der Waals surface area contributed by atoms with Crippen LogP contribution in [0.25, 0.3) is 0 Å². The van der Waals surface area contributed by atoms with Crippen molar-refractivity contribution in [3.8, 4) is 11.5 Å². The lowest BCUT2D eigenvalue weighted by Crippen LogP contribution is -2.52. The van der Waals surface area contributed by atoms with E-state index in [0.717, 1.165) is 17.1 Å². The van der Waals surface area contributed by atoms with Gasteiger partial charge in [0.2, 0.25) is 0 Å². The molecule has 1 saturated heterocycles. The average molecular weight is 283 g/mol. The standard InChI is InChI=1S/C14H21NO3S/c1-14(2)9-19(16)8-12(15-14)11-7-10(17-3)5-6-13(11)18-4/h5-7,12,15H,8-9H2,1-4H3. The van der Waals surface area contributed by atoms with Crippen molar-refractivity contribution in [1.82, 2.24) is 5.32 Å². The lowest BCUT2D eigenvalue weighted by molar-refractivity contribution is 0.350. The Morgan fingerprint density at radius 2 is 2.05 bits per heavy atom. The topological polar surface area (TPSA) is 47.6 Å². The molecule has 1 aromatic carbocycles. The van der Waals surface area contributed by atoms with E-state index in [1.54, 1.807) is 14.2 Å². The second kappa shape index (κ2) is 5.51. The van der Waals surface area contributed by atoms with Crippen molar-refractivity contribution in [1.29, 1.82) is 0 Å². The van der Waals surface area contributed by atoms with E-state index in [0.29, 0.717) is 11.5 Å². The third-order valence-electron chi connectivity index (χ3n) is 3.25. The van der Waals surface area contributed by atoms with Gasteiger partial charge >= 0.3 is 0 Å². The lowest BCUT2D eigenvalue weighted by atomic mass is 10.0. The number of methoxy groups -OCH3 is 2. The highest BCUT2D eigenvalue weighted by molar-refractivity contribution is 7.85. The Labute approximate surface area is 116 Å². The van der Waals surface area contributed by atoms with Gasteiger partial charge in [-0.15, -0.1) is 0 Å². The molecule has 0 radical (unpaired) electrons. The van der Waals surface area contributed by atoms with Crippen LogP contribution in [-0.2, 0) is 10.8 Å². The molecule has 0 amide bonds. The minimum Gasteiger partial charge on any atom is -0.497 e. The molecule has 0 saturated carbocycles. The first-order valence-corrected chi connectivity index (χ1v) is 7.78. The Hall–Kier alpha value is -1.07. The fraction of sp³-hybridized carbons (Fsp3) is 0.571. The summed E-state index contributed by atoms with van der Waals surface area (Å²) in [6, 6.07) is 5.73. The van der Waals surface area contributed by atoms with Crippen LogP contribution in [0.5, 0.6) is 11.5 Å². The van der Waals surface area contributed by atoms with Crippen molar-refractivity contribution in [3.05, 3.63) is 23.8 Å². The van der Waals surface area contributed by atoms with Gasteiger partial charge in [-0.2, -0.15) is 0 Å². The Morgan fingerprint density at radius 3 is 2.63 bits per heavy atom. The van der Waals surface area contributed by atoms with Gasteiger partial charge < -0.3 is 14.8 Å². The molecule has 2 atom stereocenters. The molecular weight excluding hydrogens is 262 g/mol. The maximum absolute atomic E-state index is 12.0. The van der Waals surface area contributed by atoms with E-state index < -0.39 is 10.8 Å². The fourth-order valence-electron chi connectivity index (χ4n) is 2.48. The predicted molar refractivity (Wildman–Crippen MR) is 77.4 cm³/mol. The zero-order chi connectivity index (χ0) is 14.0. The van der Waals surface area contributed by atoms with Gasteiger partial charge in [-0.1, -0.05) is 0 Å².